The number of benzene rings is 2. The van der Waals surface area contributed by atoms with Crippen LogP contribution in [0, 0.1) is 0 Å². The summed E-state index contributed by atoms with van der Waals surface area (Å²) in [5.41, 5.74) is 12.3. The number of anilines is 2. The number of nitrogens with zero attached hydrogens (tertiary/aromatic N) is 1. The van der Waals surface area contributed by atoms with Gasteiger partial charge in [0.25, 0.3) is 17.7 Å². The largest absolute Gasteiger partial charge is 0.399 e. The first-order valence-corrected chi connectivity index (χ1v) is 6.18. The van der Waals surface area contributed by atoms with Crippen LogP contribution in [0.15, 0.2) is 42.5 Å². The summed E-state index contributed by atoms with van der Waals surface area (Å²) in [6.07, 6.45) is 0. The fourth-order valence-electron chi connectivity index (χ4n) is 2.30. The number of fused-ring (bicyclic) bond motifs is 1. The molecule has 2 aromatic carbocycles. The number of imide groups is 3. The molecule has 0 spiro atoms. The summed E-state index contributed by atoms with van der Waals surface area (Å²) in [4.78, 5) is 37.5. The lowest BCUT2D eigenvalue weighted by atomic mass is 10.1. The maximum Gasteiger partial charge on any atom is 0.270 e. The molecule has 1 aliphatic rings. The Labute approximate surface area is 120 Å². The summed E-state index contributed by atoms with van der Waals surface area (Å²) >= 11 is 0. The van der Waals surface area contributed by atoms with E-state index in [-0.39, 0.29) is 22.4 Å². The van der Waals surface area contributed by atoms with Crippen molar-refractivity contribution in [2.45, 2.75) is 0 Å². The van der Waals surface area contributed by atoms with Gasteiger partial charge in [0.1, 0.15) is 0 Å². The van der Waals surface area contributed by atoms with Crippen molar-refractivity contribution in [3.8, 4) is 0 Å². The second-order valence-electron chi connectivity index (χ2n) is 4.65. The van der Waals surface area contributed by atoms with Gasteiger partial charge in [0, 0.05) is 16.9 Å². The molecule has 0 radical (unpaired) electrons. The zero-order valence-corrected chi connectivity index (χ0v) is 10.9. The minimum Gasteiger partial charge on any atom is -0.399 e. The van der Waals surface area contributed by atoms with Crippen LogP contribution in [0.2, 0.25) is 0 Å². The molecule has 0 aromatic heterocycles. The molecular weight excluding hydrogens is 270 g/mol. The lowest BCUT2D eigenvalue weighted by Crippen LogP contribution is -2.36. The van der Waals surface area contributed by atoms with E-state index in [0.717, 1.165) is 0 Å². The van der Waals surface area contributed by atoms with Crippen LogP contribution in [0.25, 0.3) is 0 Å². The van der Waals surface area contributed by atoms with Gasteiger partial charge in [-0.15, -0.1) is 0 Å². The van der Waals surface area contributed by atoms with E-state index in [1.54, 1.807) is 18.2 Å². The van der Waals surface area contributed by atoms with Gasteiger partial charge in [0.2, 0.25) is 0 Å². The molecule has 0 fully saturated rings. The summed E-state index contributed by atoms with van der Waals surface area (Å²) in [7, 11) is 0. The van der Waals surface area contributed by atoms with E-state index >= 15 is 0 Å². The van der Waals surface area contributed by atoms with Gasteiger partial charge < -0.3 is 11.5 Å². The lowest BCUT2D eigenvalue weighted by molar-refractivity contribution is 0.0566. The summed E-state index contributed by atoms with van der Waals surface area (Å²) in [5.74, 6) is -2.09. The van der Waals surface area contributed by atoms with Crippen molar-refractivity contribution in [1.29, 1.82) is 0 Å². The zero-order chi connectivity index (χ0) is 15.1. The lowest BCUT2D eigenvalue weighted by Gasteiger charge is -2.12. The molecule has 0 aliphatic carbocycles. The summed E-state index contributed by atoms with van der Waals surface area (Å²) in [6.45, 7) is 0. The fourth-order valence-corrected chi connectivity index (χ4v) is 2.30. The summed E-state index contributed by atoms with van der Waals surface area (Å²) < 4.78 is 0. The molecule has 3 rings (SSSR count). The zero-order valence-electron chi connectivity index (χ0n) is 10.9. The highest BCUT2D eigenvalue weighted by molar-refractivity contribution is 6.32. The molecule has 0 atom stereocenters. The van der Waals surface area contributed by atoms with Crippen molar-refractivity contribution in [2.75, 3.05) is 11.5 Å². The van der Waals surface area contributed by atoms with Crippen molar-refractivity contribution >= 4 is 29.1 Å². The molecule has 6 nitrogen and oxygen atoms in total. The van der Waals surface area contributed by atoms with Gasteiger partial charge >= 0.3 is 0 Å². The number of carbonyl (C=O) groups excluding carboxylic acids is 3. The number of amides is 3. The Morgan fingerprint density at radius 1 is 0.952 bits per heavy atom. The third-order valence-electron chi connectivity index (χ3n) is 3.28. The predicted octanol–water partition coefficient (Wildman–Crippen LogP) is 1.29. The van der Waals surface area contributed by atoms with E-state index in [9.17, 15) is 14.4 Å². The van der Waals surface area contributed by atoms with Gasteiger partial charge in [-0.2, -0.15) is 0 Å². The molecule has 1 aliphatic heterocycles. The van der Waals surface area contributed by atoms with Crippen LogP contribution < -0.4 is 11.5 Å². The molecule has 0 unspecified atom stereocenters. The molecular formula is C15H11N3O3. The standard InChI is InChI=1S/C15H11N3O3/c16-9-4-1-3-8(7-9)13(19)18-14(20)10-5-2-6-11(17)12(10)15(18)21/h1-7H,16-17H2. The summed E-state index contributed by atoms with van der Waals surface area (Å²) in [5, 5.41) is 0. The molecule has 0 saturated heterocycles. The normalized spacial score (nSPS) is 13.4. The second kappa shape index (κ2) is 4.45. The van der Waals surface area contributed by atoms with Gasteiger partial charge in [0.15, 0.2) is 0 Å². The van der Waals surface area contributed by atoms with Crippen molar-refractivity contribution in [1.82, 2.24) is 4.90 Å². The highest BCUT2D eigenvalue weighted by Gasteiger charge is 2.41. The second-order valence-corrected chi connectivity index (χ2v) is 4.65. The molecule has 4 N–H and O–H groups in total. The Morgan fingerprint density at radius 3 is 2.33 bits per heavy atom. The van der Waals surface area contributed by atoms with E-state index in [0.29, 0.717) is 10.6 Å². The summed E-state index contributed by atoms with van der Waals surface area (Å²) in [6, 6.07) is 10.6. The van der Waals surface area contributed by atoms with E-state index in [4.69, 9.17) is 11.5 Å². The molecule has 104 valence electrons. The van der Waals surface area contributed by atoms with Gasteiger partial charge in [0.05, 0.1) is 11.1 Å². The number of hydrogen-bond acceptors (Lipinski definition) is 5. The van der Waals surface area contributed by atoms with Crippen LogP contribution >= 0.6 is 0 Å². The molecule has 2 aromatic rings. The minimum absolute atomic E-state index is 0.0692. The first kappa shape index (κ1) is 12.9. The number of nitrogens with two attached hydrogens (primary N) is 2. The van der Waals surface area contributed by atoms with Crippen LogP contribution in [0.5, 0.6) is 0 Å². The number of nitrogen functional groups attached to an aromatic ring is 2. The number of carbonyl (C=O) groups is 3. The monoisotopic (exact) mass is 281 g/mol. The van der Waals surface area contributed by atoms with Gasteiger partial charge in [-0.25, -0.2) is 4.90 Å². The molecule has 1 heterocycles. The Hall–Kier alpha value is -3.15. The molecule has 0 saturated carbocycles. The van der Waals surface area contributed by atoms with Crippen LogP contribution in [0.3, 0.4) is 0 Å². The highest BCUT2D eigenvalue weighted by atomic mass is 16.2. The fraction of sp³-hybridized carbons (Fsp3) is 0. The van der Waals surface area contributed by atoms with Crippen molar-refractivity contribution in [3.63, 3.8) is 0 Å². The van der Waals surface area contributed by atoms with Crippen molar-refractivity contribution in [2.24, 2.45) is 0 Å². The number of hydrogen-bond donors (Lipinski definition) is 2. The van der Waals surface area contributed by atoms with E-state index in [1.165, 1.54) is 24.3 Å². The maximum atomic E-state index is 12.4. The minimum atomic E-state index is -0.715. The first-order valence-electron chi connectivity index (χ1n) is 6.18. The number of rotatable bonds is 1. The van der Waals surface area contributed by atoms with Crippen LogP contribution in [0.1, 0.15) is 31.1 Å². The van der Waals surface area contributed by atoms with E-state index in [2.05, 4.69) is 0 Å². The van der Waals surface area contributed by atoms with E-state index < -0.39 is 17.7 Å². The topological polar surface area (TPSA) is 106 Å². The third kappa shape index (κ3) is 1.85. The Morgan fingerprint density at radius 2 is 1.67 bits per heavy atom. The van der Waals surface area contributed by atoms with Crippen molar-refractivity contribution < 1.29 is 14.4 Å². The molecule has 3 amide bonds. The Bertz CT molecular complexity index is 799. The van der Waals surface area contributed by atoms with Crippen LogP contribution in [-0.4, -0.2) is 22.6 Å². The molecule has 0 bridgehead atoms. The predicted molar refractivity (Wildman–Crippen MR) is 76.5 cm³/mol. The van der Waals surface area contributed by atoms with Gasteiger partial charge in [-0.3, -0.25) is 14.4 Å². The van der Waals surface area contributed by atoms with E-state index in [1.807, 2.05) is 0 Å². The van der Waals surface area contributed by atoms with Crippen LogP contribution in [0.4, 0.5) is 11.4 Å². The first-order chi connectivity index (χ1) is 10.0. The Kier molecular flexibility index (Phi) is 2.72. The quantitative estimate of drug-likeness (QED) is 0.605. The third-order valence-corrected chi connectivity index (χ3v) is 3.28. The molecule has 21 heavy (non-hydrogen) atoms. The Balaban J connectivity index is 2.06. The average molecular weight is 281 g/mol. The highest BCUT2D eigenvalue weighted by Crippen LogP contribution is 2.28. The van der Waals surface area contributed by atoms with Crippen molar-refractivity contribution in [3.05, 3.63) is 59.2 Å². The maximum absolute atomic E-state index is 12.4. The van der Waals surface area contributed by atoms with Gasteiger partial charge in [-0.1, -0.05) is 12.1 Å². The van der Waals surface area contributed by atoms with Crippen LogP contribution in [-0.2, 0) is 0 Å². The molecule has 6 heteroatoms. The average Bonchev–Trinajstić information content (AvgIpc) is 2.71. The SMILES string of the molecule is Nc1cccc(C(=O)N2C(=O)c3cccc(N)c3C2=O)c1. The van der Waals surface area contributed by atoms with Gasteiger partial charge in [-0.05, 0) is 30.3 Å². The smallest absolute Gasteiger partial charge is 0.270 e.